The molecule has 0 saturated carbocycles. The molecule has 1 nitrogen and oxygen atoms in total. The van der Waals surface area contributed by atoms with E-state index in [-0.39, 0.29) is 11.7 Å². The fourth-order valence-corrected chi connectivity index (χ4v) is 2.54. The quantitative estimate of drug-likeness (QED) is 0.724. The fourth-order valence-electron chi connectivity index (χ4n) is 2.54. The lowest BCUT2D eigenvalue weighted by atomic mass is 9.87. The Balaban J connectivity index is 2.74. The molecule has 1 aromatic carbocycles. The predicted molar refractivity (Wildman–Crippen MR) is 76.4 cm³/mol. The molecule has 1 aromatic rings. The van der Waals surface area contributed by atoms with Crippen LogP contribution in [0.5, 0.6) is 0 Å². The van der Waals surface area contributed by atoms with Crippen molar-refractivity contribution in [1.29, 1.82) is 0 Å². The summed E-state index contributed by atoms with van der Waals surface area (Å²) in [7, 11) is 0. The second kappa shape index (κ2) is 8.25. The summed E-state index contributed by atoms with van der Waals surface area (Å²) in [5.41, 5.74) is 0.862. The van der Waals surface area contributed by atoms with E-state index in [9.17, 15) is 4.39 Å². The van der Waals surface area contributed by atoms with Gasteiger partial charge in [-0.1, -0.05) is 51.8 Å². The van der Waals surface area contributed by atoms with Crippen LogP contribution in [0.3, 0.4) is 0 Å². The second-order valence-electron chi connectivity index (χ2n) is 5.16. The molecule has 0 saturated heterocycles. The average Bonchev–Trinajstić information content (AvgIpc) is 2.35. The van der Waals surface area contributed by atoms with Gasteiger partial charge in [-0.3, -0.25) is 0 Å². The second-order valence-corrected chi connectivity index (χ2v) is 5.16. The summed E-state index contributed by atoms with van der Waals surface area (Å²) >= 11 is 0. The van der Waals surface area contributed by atoms with Crippen LogP contribution in [0.15, 0.2) is 24.3 Å². The first kappa shape index (κ1) is 15.2. The standard InChI is InChI=1S/C16H26FN/c1-4-8-13(3)11-14(12-18-5-2)15-9-6-7-10-16(15)17/h6-7,9-10,13-14,18H,4-5,8,11-12H2,1-3H3. The average molecular weight is 251 g/mol. The van der Waals surface area contributed by atoms with Crippen LogP contribution in [0.1, 0.15) is 51.5 Å². The summed E-state index contributed by atoms with van der Waals surface area (Å²) in [6.45, 7) is 8.37. The van der Waals surface area contributed by atoms with Crippen molar-refractivity contribution in [2.75, 3.05) is 13.1 Å². The van der Waals surface area contributed by atoms with Crippen LogP contribution in [0.2, 0.25) is 0 Å². The van der Waals surface area contributed by atoms with E-state index < -0.39 is 0 Å². The van der Waals surface area contributed by atoms with Gasteiger partial charge < -0.3 is 5.32 Å². The molecule has 0 aliphatic carbocycles. The zero-order valence-corrected chi connectivity index (χ0v) is 11.9. The SMILES string of the molecule is CCCC(C)CC(CNCC)c1ccccc1F. The molecule has 0 aromatic heterocycles. The molecular weight excluding hydrogens is 225 g/mol. The fraction of sp³-hybridized carbons (Fsp3) is 0.625. The Kier molecular flexibility index (Phi) is 6.96. The van der Waals surface area contributed by atoms with E-state index in [1.54, 1.807) is 12.1 Å². The van der Waals surface area contributed by atoms with Gasteiger partial charge in [-0.25, -0.2) is 4.39 Å². The Labute approximate surface area is 111 Å². The normalized spacial score (nSPS) is 14.4. The zero-order chi connectivity index (χ0) is 13.4. The Hall–Kier alpha value is -0.890. The van der Waals surface area contributed by atoms with Crippen molar-refractivity contribution in [3.63, 3.8) is 0 Å². The molecule has 1 N–H and O–H groups in total. The lowest BCUT2D eigenvalue weighted by Gasteiger charge is -2.22. The third-order valence-corrected chi connectivity index (χ3v) is 3.45. The first-order valence-electron chi connectivity index (χ1n) is 7.14. The van der Waals surface area contributed by atoms with Crippen LogP contribution in [0.25, 0.3) is 0 Å². The number of hydrogen-bond acceptors (Lipinski definition) is 1. The van der Waals surface area contributed by atoms with Crippen LogP contribution in [0, 0.1) is 11.7 Å². The number of hydrogen-bond donors (Lipinski definition) is 1. The molecule has 2 unspecified atom stereocenters. The van der Waals surface area contributed by atoms with E-state index in [4.69, 9.17) is 0 Å². The Morgan fingerprint density at radius 1 is 1.22 bits per heavy atom. The maximum atomic E-state index is 13.9. The highest BCUT2D eigenvalue weighted by Crippen LogP contribution is 2.27. The summed E-state index contributed by atoms with van der Waals surface area (Å²) in [4.78, 5) is 0. The van der Waals surface area contributed by atoms with Crippen LogP contribution in [-0.2, 0) is 0 Å². The van der Waals surface area contributed by atoms with Gasteiger partial charge in [0.05, 0.1) is 0 Å². The molecule has 0 bridgehead atoms. The largest absolute Gasteiger partial charge is 0.316 e. The topological polar surface area (TPSA) is 12.0 Å². The van der Waals surface area contributed by atoms with Crippen molar-refractivity contribution < 1.29 is 4.39 Å². The number of rotatable bonds is 8. The third kappa shape index (κ3) is 4.77. The van der Waals surface area contributed by atoms with E-state index >= 15 is 0 Å². The lowest BCUT2D eigenvalue weighted by Crippen LogP contribution is -2.23. The monoisotopic (exact) mass is 251 g/mol. The van der Waals surface area contributed by atoms with Crippen molar-refractivity contribution in [2.24, 2.45) is 5.92 Å². The first-order chi connectivity index (χ1) is 8.69. The summed E-state index contributed by atoms with van der Waals surface area (Å²) in [6.07, 6.45) is 3.48. The van der Waals surface area contributed by atoms with Crippen molar-refractivity contribution >= 4 is 0 Å². The van der Waals surface area contributed by atoms with E-state index in [2.05, 4.69) is 26.1 Å². The van der Waals surface area contributed by atoms with Gasteiger partial charge >= 0.3 is 0 Å². The molecule has 1 rings (SSSR count). The molecule has 0 aliphatic heterocycles. The number of nitrogens with one attached hydrogen (secondary N) is 1. The van der Waals surface area contributed by atoms with Crippen molar-refractivity contribution in [3.05, 3.63) is 35.6 Å². The Morgan fingerprint density at radius 2 is 1.94 bits per heavy atom. The third-order valence-electron chi connectivity index (χ3n) is 3.45. The van der Waals surface area contributed by atoms with E-state index in [0.717, 1.165) is 25.1 Å². The summed E-state index contributed by atoms with van der Waals surface area (Å²) in [5.74, 6) is 0.870. The zero-order valence-electron chi connectivity index (χ0n) is 11.9. The minimum atomic E-state index is -0.0656. The highest BCUT2D eigenvalue weighted by atomic mass is 19.1. The van der Waals surface area contributed by atoms with Crippen LogP contribution < -0.4 is 5.32 Å². The molecule has 102 valence electrons. The molecule has 2 heteroatoms. The van der Waals surface area contributed by atoms with Crippen molar-refractivity contribution in [3.8, 4) is 0 Å². The highest BCUT2D eigenvalue weighted by Gasteiger charge is 2.17. The Bertz CT molecular complexity index is 338. The van der Waals surface area contributed by atoms with E-state index in [1.165, 1.54) is 12.8 Å². The van der Waals surface area contributed by atoms with Gasteiger partial charge in [-0.2, -0.15) is 0 Å². The van der Waals surface area contributed by atoms with E-state index in [0.29, 0.717) is 5.92 Å². The van der Waals surface area contributed by atoms with Gasteiger partial charge in [0.25, 0.3) is 0 Å². The first-order valence-corrected chi connectivity index (χ1v) is 7.14. The number of halogens is 1. The predicted octanol–water partition coefficient (Wildman–Crippen LogP) is 4.35. The summed E-state index contributed by atoms with van der Waals surface area (Å²) < 4.78 is 13.9. The molecule has 0 amide bonds. The van der Waals surface area contributed by atoms with Gasteiger partial charge in [0.2, 0.25) is 0 Å². The van der Waals surface area contributed by atoms with Crippen molar-refractivity contribution in [1.82, 2.24) is 5.32 Å². The summed E-state index contributed by atoms with van der Waals surface area (Å²) in [6, 6.07) is 7.19. The molecule has 18 heavy (non-hydrogen) atoms. The lowest BCUT2D eigenvalue weighted by molar-refractivity contribution is 0.413. The van der Waals surface area contributed by atoms with E-state index in [1.807, 2.05) is 12.1 Å². The van der Waals surface area contributed by atoms with Gasteiger partial charge in [0, 0.05) is 6.54 Å². The number of likely N-dealkylation sites (N-methyl/N-ethyl adjacent to an activating group) is 1. The highest BCUT2D eigenvalue weighted by molar-refractivity contribution is 5.22. The summed E-state index contributed by atoms with van der Waals surface area (Å²) in [5, 5.41) is 3.35. The minimum absolute atomic E-state index is 0.0656. The van der Waals surface area contributed by atoms with Crippen molar-refractivity contribution in [2.45, 2.75) is 46.0 Å². The van der Waals surface area contributed by atoms with Gasteiger partial charge in [0.1, 0.15) is 5.82 Å². The molecule has 0 radical (unpaired) electrons. The minimum Gasteiger partial charge on any atom is -0.316 e. The van der Waals surface area contributed by atoms with Crippen LogP contribution in [0.4, 0.5) is 4.39 Å². The van der Waals surface area contributed by atoms with Gasteiger partial charge in [-0.05, 0) is 36.4 Å². The molecule has 0 fully saturated rings. The smallest absolute Gasteiger partial charge is 0.126 e. The van der Waals surface area contributed by atoms with Crippen LogP contribution in [-0.4, -0.2) is 13.1 Å². The molecule has 0 aliphatic rings. The van der Waals surface area contributed by atoms with Gasteiger partial charge in [-0.15, -0.1) is 0 Å². The molecule has 0 spiro atoms. The molecule has 2 atom stereocenters. The molecular formula is C16H26FN. The maximum Gasteiger partial charge on any atom is 0.126 e. The van der Waals surface area contributed by atoms with Crippen LogP contribution >= 0.6 is 0 Å². The Morgan fingerprint density at radius 3 is 2.56 bits per heavy atom. The van der Waals surface area contributed by atoms with Gasteiger partial charge in [0.15, 0.2) is 0 Å². The molecule has 0 heterocycles. The maximum absolute atomic E-state index is 13.9. The number of benzene rings is 1.